The molecule has 1 unspecified atom stereocenters. The summed E-state index contributed by atoms with van der Waals surface area (Å²) in [4.78, 5) is 0.200. The molecule has 0 saturated carbocycles. The Balaban J connectivity index is 3.24. The van der Waals surface area contributed by atoms with Crippen LogP contribution in [0.25, 0.3) is 0 Å². The first kappa shape index (κ1) is 16.3. The molecule has 6 heteroatoms. The first-order valence-corrected chi connectivity index (χ1v) is 8.89. The maximum absolute atomic E-state index is 12.6. The predicted molar refractivity (Wildman–Crippen MR) is 83.1 cm³/mol. The van der Waals surface area contributed by atoms with E-state index in [9.17, 15) is 8.42 Å². The van der Waals surface area contributed by atoms with Crippen molar-refractivity contribution in [3.05, 3.63) is 23.3 Å². The van der Waals surface area contributed by atoms with Crippen molar-refractivity contribution >= 4 is 27.5 Å². The molecule has 0 heterocycles. The van der Waals surface area contributed by atoms with Crippen molar-refractivity contribution in [2.45, 2.75) is 31.7 Å². The van der Waals surface area contributed by atoms with E-state index in [1.54, 1.807) is 30.9 Å². The Morgan fingerprint density at radius 2 is 1.84 bits per heavy atom. The van der Waals surface area contributed by atoms with Crippen LogP contribution in [0.1, 0.15) is 18.1 Å². The van der Waals surface area contributed by atoms with Crippen LogP contribution in [0.15, 0.2) is 17.0 Å². The van der Waals surface area contributed by atoms with Crippen molar-refractivity contribution in [3.63, 3.8) is 0 Å². The van der Waals surface area contributed by atoms with Gasteiger partial charge in [0.15, 0.2) is 0 Å². The number of rotatable bonds is 5. The Morgan fingerprint density at radius 1 is 1.32 bits per heavy atom. The van der Waals surface area contributed by atoms with Gasteiger partial charge in [-0.25, -0.2) is 8.42 Å². The summed E-state index contributed by atoms with van der Waals surface area (Å²) >= 11 is 1.62. The van der Waals surface area contributed by atoms with Gasteiger partial charge in [0, 0.05) is 18.8 Å². The normalized spacial score (nSPS) is 13.8. The molecule has 0 bridgehead atoms. The van der Waals surface area contributed by atoms with E-state index in [1.165, 1.54) is 4.31 Å². The predicted octanol–water partition coefficient (Wildman–Crippen LogP) is 2.26. The number of thioether (sulfide) groups is 1. The van der Waals surface area contributed by atoms with Gasteiger partial charge in [0.25, 0.3) is 0 Å². The summed E-state index contributed by atoms with van der Waals surface area (Å²) in [5.74, 6) is 0.750. The van der Waals surface area contributed by atoms with Crippen LogP contribution in [0.4, 0.5) is 5.69 Å². The van der Waals surface area contributed by atoms with E-state index in [2.05, 4.69) is 0 Å². The van der Waals surface area contributed by atoms with Crippen LogP contribution in [0.2, 0.25) is 0 Å². The maximum Gasteiger partial charge on any atom is 0.245 e. The van der Waals surface area contributed by atoms with Gasteiger partial charge in [-0.2, -0.15) is 16.1 Å². The number of hydrogen-bond donors (Lipinski definition) is 1. The first-order chi connectivity index (χ1) is 8.71. The number of nitrogens with zero attached hydrogens (tertiary/aromatic N) is 1. The molecule has 0 aliphatic heterocycles. The lowest BCUT2D eigenvalue weighted by Gasteiger charge is -2.24. The summed E-state index contributed by atoms with van der Waals surface area (Å²) in [5.41, 5.74) is 8.11. The molecule has 2 N–H and O–H groups in total. The molecule has 0 saturated heterocycles. The maximum atomic E-state index is 12.6. The van der Waals surface area contributed by atoms with Crippen molar-refractivity contribution in [3.8, 4) is 0 Å². The molecule has 0 aliphatic rings. The second kappa shape index (κ2) is 6.15. The van der Waals surface area contributed by atoms with Gasteiger partial charge in [-0.05, 0) is 50.3 Å². The van der Waals surface area contributed by atoms with Crippen molar-refractivity contribution in [2.24, 2.45) is 0 Å². The van der Waals surface area contributed by atoms with E-state index in [0.717, 1.165) is 16.9 Å². The molecule has 108 valence electrons. The zero-order valence-corrected chi connectivity index (χ0v) is 13.7. The molecule has 1 rings (SSSR count). The summed E-state index contributed by atoms with van der Waals surface area (Å²) < 4.78 is 26.5. The van der Waals surface area contributed by atoms with Crippen LogP contribution in [-0.2, 0) is 10.0 Å². The van der Waals surface area contributed by atoms with E-state index in [0.29, 0.717) is 5.69 Å². The fourth-order valence-corrected chi connectivity index (χ4v) is 4.12. The monoisotopic (exact) mass is 302 g/mol. The minimum absolute atomic E-state index is 0.0685. The molecule has 0 amide bonds. The Hall–Kier alpha value is -0.720. The van der Waals surface area contributed by atoms with Crippen LogP contribution in [0, 0.1) is 13.8 Å². The van der Waals surface area contributed by atoms with Crippen LogP contribution in [0.3, 0.4) is 0 Å². The third kappa shape index (κ3) is 3.43. The molecule has 0 fully saturated rings. The third-order valence-electron chi connectivity index (χ3n) is 3.31. The topological polar surface area (TPSA) is 63.4 Å². The molecule has 0 spiro atoms. The third-order valence-corrected chi connectivity index (χ3v) is 6.16. The molecule has 19 heavy (non-hydrogen) atoms. The summed E-state index contributed by atoms with van der Waals surface area (Å²) in [7, 11) is -1.93. The van der Waals surface area contributed by atoms with E-state index in [4.69, 9.17) is 5.73 Å². The lowest BCUT2D eigenvalue weighted by atomic mass is 10.1. The van der Waals surface area contributed by atoms with Crippen LogP contribution < -0.4 is 5.73 Å². The first-order valence-electron chi connectivity index (χ1n) is 6.05. The number of benzene rings is 1. The molecular formula is C13H22N2O2S2. The summed E-state index contributed by atoms with van der Waals surface area (Å²) in [6, 6.07) is 3.30. The number of aryl methyl sites for hydroxylation is 2. The number of nitrogen functional groups attached to an aromatic ring is 1. The number of nitrogens with two attached hydrogens (primary N) is 1. The fraction of sp³-hybridized carbons (Fsp3) is 0.538. The van der Waals surface area contributed by atoms with E-state index in [-0.39, 0.29) is 10.9 Å². The highest BCUT2D eigenvalue weighted by Gasteiger charge is 2.27. The van der Waals surface area contributed by atoms with Crippen LogP contribution >= 0.6 is 11.8 Å². The summed E-state index contributed by atoms with van der Waals surface area (Å²) in [5, 5.41) is 0. The van der Waals surface area contributed by atoms with Gasteiger partial charge in [0.05, 0.1) is 5.69 Å². The molecular weight excluding hydrogens is 280 g/mol. The molecule has 0 radical (unpaired) electrons. The zero-order chi connectivity index (χ0) is 14.8. The highest BCUT2D eigenvalue weighted by molar-refractivity contribution is 7.98. The molecule has 4 nitrogen and oxygen atoms in total. The Labute approximate surface area is 120 Å². The van der Waals surface area contributed by atoms with Crippen molar-refractivity contribution in [1.82, 2.24) is 4.31 Å². The van der Waals surface area contributed by atoms with E-state index < -0.39 is 10.0 Å². The second-order valence-corrected chi connectivity index (χ2v) is 7.68. The van der Waals surface area contributed by atoms with Gasteiger partial charge >= 0.3 is 0 Å². The minimum atomic E-state index is -3.54. The molecule has 1 aromatic rings. The van der Waals surface area contributed by atoms with E-state index in [1.807, 2.05) is 27.0 Å². The summed E-state index contributed by atoms with van der Waals surface area (Å²) in [6.45, 7) is 5.70. The molecule has 0 aliphatic carbocycles. The van der Waals surface area contributed by atoms with Gasteiger partial charge < -0.3 is 5.73 Å². The van der Waals surface area contributed by atoms with Gasteiger partial charge in [0.1, 0.15) is 4.90 Å². The van der Waals surface area contributed by atoms with Gasteiger partial charge in [0.2, 0.25) is 10.0 Å². The lowest BCUT2D eigenvalue weighted by Crippen LogP contribution is -2.37. The smallest absolute Gasteiger partial charge is 0.245 e. The SMILES string of the molecule is CSCC(C)N(C)S(=O)(=O)c1cc(C)c(C)cc1N. The van der Waals surface area contributed by atoms with Gasteiger partial charge in [-0.1, -0.05) is 0 Å². The molecule has 1 aromatic carbocycles. The fourth-order valence-electron chi connectivity index (χ4n) is 1.77. The quantitative estimate of drug-likeness (QED) is 0.847. The standard InChI is InChI=1S/C13H22N2O2S2/c1-9-6-12(14)13(7-10(9)2)19(16,17)15(4)11(3)8-18-5/h6-7,11H,8,14H2,1-5H3. The lowest BCUT2D eigenvalue weighted by molar-refractivity contribution is 0.415. The molecule has 0 aromatic heterocycles. The Kier molecular flexibility index (Phi) is 5.29. The minimum Gasteiger partial charge on any atom is -0.398 e. The van der Waals surface area contributed by atoms with E-state index >= 15 is 0 Å². The average Bonchev–Trinajstić information content (AvgIpc) is 2.32. The van der Waals surface area contributed by atoms with Gasteiger partial charge in [-0.3, -0.25) is 0 Å². The number of sulfonamides is 1. The van der Waals surface area contributed by atoms with Crippen LogP contribution in [0.5, 0.6) is 0 Å². The summed E-state index contributed by atoms with van der Waals surface area (Å²) in [6.07, 6.45) is 1.96. The van der Waals surface area contributed by atoms with Crippen molar-refractivity contribution in [1.29, 1.82) is 0 Å². The average molecular weight is 302 g/mol. The largest absolute Gasteiger partial charge is 0.398 e. The van der Waals surface area contributed by atoms with Crippen LogP contribution in [-0.4, -0.2) is 37.8 Å². The highest BCUT2D eigenvalue weighted by atomic mass is 32.2. The zero-order valence-electron chi connectivity index (χ0n) is 12.1. The Morgan fingerprint density at radius 3 is 2.37 bits per heavy atom. The van der Waals surface area contributed by atoms with Crippen molar-refractivity contribution < 1.29 is 8.42 Å². The highest BCUT2D eigenvalue weighted by Crippen LogP contribution is 2.26. The van der Waals surface area contributed by atoms with Gasteiger partial charge in [-0.15, -0.1) is 0 Å². The van der Waals surface area contributed by atoms with Crippen molar-refractivity contribution in [2.75, 3.05) is 24.8 Å². The number of anilines is 1. The molecule has 1 atom stereocenters. The Bertz CT molecular complexity index is 556. The number of hydrogen-bond acceptors (Lipinski definition) is 4. The second-order valence-electron chi connectivity index (χ2n) is 4.80.